The molecule has 6 heteroatoms. The van der Waals surface area contributed by atoms with Gasteiger partial charge in [0.15, 0.2) is 0 Å². The van der Waals surface area contributed by atoms with Crippen LogP contribution < -0.4 is 10.6 Å². The molecule has 1 aliphatic rings. The van der Waals surface area contributed by atoms with E-state index in [2.05, 4.69) is 65.4 Å². The van der Waals surface area contributed by atoms with Crippen molar-refractivity contribution in [2.24, 2.45) is 0 Å². The molecule has 1 aromatic heterocycles. The summed E-state index contributed by atoms with van der Waals surface area (Å²) in [5.74, 6) is 0. The fraction of sp³-hybridized carbons (Fsp3) is 0.167. The van der Waals surface area contributed by atoms with Crippen LogP contribution in [0.15, 0.2) is 57.6 Å². The van der Waals surface area contributed by atoms with Crippen LogP contribution in [0.5, 0.6) is 0 Å². The second-order valence-electron chi connectivity index (χ2n) is 5.52. The number of benzene rings is 2. The quantitative estimate of drug-likeness (QED) is 0.480. The summed E-state index contributed by atoms with van der Waals surface area (Å²) >= 11 is 3.51. The van der Waals surface area contributed by atoms with Crippen LogP contribution in [-0.2, 0) is 0 Å². The van der Waals surface area contributed by atoms with Gasteiger partial charge < -0.3 is 10.6 Å². The summed E-state index contributed by atoms with van der Waals surface area (Å²) in [7, 11) is 1.96. The summed E-state index contributed by atoms with van der Waals surface area (Å²) in [4.78, 5) is 7.29. The molecule has 3 aromatic rings. The molecule has 0 saturated carbocycles. The van der Waals surface area contributed by atoms with Gasteiger partial charge in [-0.3, -0.25) is 0 Å². The second-order valence-corrected chi connectivity index (χ2v) is 7.49. The summed E-state index contributed by atoms with van der Waals surface area (Å²) in [6, 6.07) is 15.2. The lowest BCUT2D eigenvalue weighted by Crippen LogP contribution is -2.11. The Hall–Kier alpha value is -1.53. The highest BCUT2D eigenvalue weighted by molar-refractivity contribution is 7.99. The van der Waals surface area contributed by atoms with Gasteiger partial charge in [-0.15, -0.1) is 23.7 Å². The molecular formula is C18H18ClN3S2. The Morgan fingerprint density at radius 1 is 1.08 bits per heavy atom. The summed E-state index contributed by atoms with van der Waals surface area (Å²) in [6.07, 6.45) is 0. The van der Waals surface area contributed by atoms with E-state index < -0.39 is 0 Å². The Morgan fingerprint density at radius 3 is 2.71 bits per heavy atom. The van der Waals surface area contributed by atoms with Crippen molar-refractivity contribution in [2.45, 2.75) is 22.8 Å². The van der Waals surface area contributed by atoms with E-state index in [0.717, 1.165) is 22.0 Å². The van der Waals surface area contributed by atoms with Gasteiger partial charge in [0, 0.05) is 20.7 Å². The minimum Gasteiger partial charge on any atom is -0.354 e. The third kappa shape index (κ3) is 3.17. The molecule has 2 aromatic carbocycles. The fourth-order valence-corrected chi connectivity index (χ4v) is 4.40. The smallest absolute Gasteiger partial charge is 0.110 e. The standard InChI is InChI=1S/C18H17N3S2.ClH/c1-11(19-2)18-21-15(10-22-18)12-7-8-17-14(9-12)20-13-5-3-4-6-16(13)23-17;/h3-11,19-20H,1-2H3;1H. The highest BCUT2D eigenvalue weighted by Gasteiger charge is 2.17. The SMILES string of the molecule is CNC(C)c1nc(-c2ccc3c(c2)Nc2ccccc2S3)cs1.Cl. The predicted molar refractivity (Wildman–Crippen MR) is 106 cm³/mol. The van der Waals surface area contributed by atoms with E-state index >= 15 is 0 Å². The first-order chi connectivity index (χ1) is 11.2. The molecule has 0 amide bonds. The minimum atomic E-state index is 0. The normalized spacial score (nSPS) is 13.2. The number of nitrogens with zero attached hydrogens (tertiary/aromatic N) is 1. The Labute approximate surface area is 156 Å². The number of hydrogen-bond acceptors (Lipinski definition) is 5. The van der Waals surface area contributed by atoms with Crippen LogP contribution in [0.25, 0.3) is 11.3 Å². The number of halogens is 1. The average molecular weight is 376 g/mol. The Balaban J connectivity index is 0.00000169. The molecule has 2 heterocycles. The van der Waals surface area contributed by atoms with Crippen LogP contribution in [0.2, 0.25) is 0 Å². The first kappa shape index (κ1) is 17.3. The number of para-hydroxylation sites is 1. The summed E-state index contributed by atoms with van der Waals surface area (Å²) in [6.45, 7) is 2.13. The van der Waals surface area contributed by atoms with Crippen molar-refractivity contribution >= 4 is 46.9 Å². The van der Waals surface area contributed by atoms with Crippen molar-refractivity contribution in [1.29, 1.82) is 0 Å². The first-order valence-electron chi connectivity index (χ1n) is 7.55. The van der Waals surface area contributed by atoms with Crippen LogP contribution in [0.3, 0.4) is 0 Å². The van der Waals surface area contributed by atoms with Crippen molar-refractivity contribution in [3.63, 3.8) is 0 Å². The lowest BCUT2D eigenvalue weighted by Gasteiger charge is -2.21. The third-order valence-corrected chi connectivity index (χ3v) is 6.16. The highest BCUT2D eigenvalue weighted by atomic mass is 35.5. The number of fused-ring (bicyclic) bond motifs is 2. The van der Waals surface area contributed by atoms with Crippen LogP contribution in [0, 0.1) is 0 Å². The van der Waals surface area contributed by atoms with E-state index in [0.29, 0.717) is 0 Å². The van der Waals surface area contributed by atoms with Crippen LogP contribution in [-0.4, -0.2) is 12.0 Å². The first-order valence-corrected chi connectivity index (χ1v) is 9.25. The Kier molecular flexibility index (Phi) is 5.15. The zero-order chi connectivity index (χ0) is 15.8. The van der Waals surface area contributed by atoms with Crippen molar-refractivity contribution in [2.75, 3.05) is 12.4 Å². The molecule has 24 heavy (non-hydrogen) atoms. The molecule has 2 N–H and O–H groups in total. The van der Waals surface area contributed by atoms with Gasteiger partial charge in [0.2, 0.25) is 0 Å². The van der Waals surface area contributed by atoms with Crippen molar-refractivity contribution in [3.05, 3.63) is 52.9 Å². The number of hydrogen-bond donors (Lipinski definition) is 2. The second kappa shape index (κ2) is 7.15. The summed E-state index contributed by atoms with van der Waals surface area (Å²) < 4.78 is 0. The minimum absolute atomic E-state index is 0. The fourth-order valence-electron chi connectivity index (χ4n) is 2.54. The Morgan fingerprint density at radius 2 is 1.88 bits per heavy atom. The van der Waals surface area contributed by atoms with Crippen molar-refractivity contribution in [3.8, 4) is 11.3 Å². The van der Waals surface area contributed by atoms with E-state index in [9.17, 15) is 0 Å². The molecule has 4 rings (SSSR count). The molecule has 0 aliphatic carbocycles. The van der Waals surface area contributed by atoms with Gasteiger partial charge in [0.1, 0.15) is 5.01 Å². The number of thiazole rings is 1. The molecule has 0 radical (unpaired) electrons. The van der Waals surface area contributed by atoms with Crippen LogP contribution in [0.1, 0.15) is 18.0 Å². The molecule has 0 bridgehead atoms. The molecular weight excluding hydrogens is 358 g/mol. The Bertz CT molecular complexity index is 863. The third-order valence-electron chi connectivity index (χ3n) is 3.98. The molecule has 1 unspecified atom stereocenters. The lowest BCUT2D eigenvalue weighted by molar-refractivity contribution is 0.648. The van der Waals surface area contributed by atoms with Gasteiger partial charge in [0.05, 0.1) is 23.1 Å². The topological polar surface area (TPSA) is 37.0 Å². The molecule has 0 saturated heterocycles. The summed E-state index contributed by atoms with van der Waals surface area (Å²) in [5, 5.41) is 10.0. The molecule has 1 aliphatic heterocycles. The monoisotopic (exact) mass is 375 g/mol. The average Bonchev–Trinajstić information content (AvgIpc) is 3.09. The zero-order valence-electron chi connectivity index (χ0n) is 13.4. The van der Waals surface area contributed by atoms with Gasteiger partial charge >= 0.3 is 0 Å². The molecule has 1 atom stereocenters. The van der Waals surface area contributed by atoms with E-state index in [1.807, 2.05) is 18.8 Å². The maximum atomic E-state index is 4.77. The van der Waals surface area contributed by atoms with Gasteiger partial charge in [-0.2, -0.15) is 0 Å². The van der Waals surface area contributed by atoms with E-state index in [4.69, 9.17) is 4.98 Å². The van der Waals surface area contributed by atoms with Crippen LogP contribution in [0.4, 0.5) is 11.4 Å². The molecule has 0 spiro atoms. The van der Waals surface area contributed by atoms with Crippen molar-refractivity contribution in [1.82, 2.24) is 10.3 Å². The van der Waals surface area contributed by atoms with Crippen LogP contribution >= 0.6 is 35.5 Å². The zero-order valence-corrected chi connectivity index (χ0v) is 15.8. The molecule has 3 nitrogen and oxygen atoms in total. The molecule has 0 fully saturated rings. The van der Waals surface area contributed by atoms with E-state index in [-0.39, 0.29) is 18.4 Å². The number of nitrogens with one attached hydrogen (secondary N) is 2. The summed E-state index contributed by atoms with van der Waals surface area (Å²) in [5.41, 5.74) is 4.52. The van der Waals surface area contributed by atoms with Gasteiger partial charge in [-0.05, 0) is 38.2 Å². The highest BCUT2D eigenvalue weighted by Crippen LogP contribution is 2.45. The predicted octanol–water partition coefficient (Wildman–Crippen LogP) is 5.72. The molecule has 124 valence electrons. The maximum absolute atomic E-state index is 4.77. The largest absolute Gasteiger partial charge is 0.354 e. The van der Waals surface area contributed by atoms with Gasteiger partial charge in [-0.1, -0.05) is 30.0 Å². The maximum Gasteiger partial charge on any atom is 0.110 e. The van der Waals surface area contributed by atoms with E-state index in [1.165, 1.54) is 15.5 Å². The number of anilines is 2. The van der Waals surface area contributed by atoms with Gasteiger partial charge in [0.25, 0.3) is 0 Å². The van der Waals surface area contributed by atoms with Gasteiger partial charge in [-0.25, -0.2) is 4.98 Å². The van der Waals surface area contributed by atoms with Crippen molar-refractivity contribution < 1.29 is 0 Å². The number of rotatable bonds is 3. The van der Waals surface area contributed by atoms with E-state index in [1.54, 1.807) is 11.3 Å². The lowest BCUT2D eigenvalue weighted by atomic mass is 10.1. The number of aromatic nitrogens is 1.